The van der Waals surface area contributed by atoms with Crippen LogP contribution in [0.1, 0.15) is 55.5 Å². The summed E-state index contributed by atoms with van der Waals surface area (Å²) in [5.74, 6) is 0.423. The van der Waals surface area contributed by atoms with Gasteiger partial charge in [0.05, 0.1) is 11.1 Å². The Labute approximate surface area is 186 Å². The molecule has 30 heavy (non-hydrogen) atoms. The van der Waals surface area contributed by atoms with Gasteiger partial charge < -0.3 is 9.47 Å². The van der Waals surface area contributed by atoms with E-state index in [9.17, 15) is 9.59 Å². The summed E-state index contributed by atoms with van der Waals surface area (Å²) in [7, 11) is 0. The lowest BCUT2D eigenvalue weighted by Gasteiger charge is -2.11. The molecule has 0 aliphatic carbocycles. The molecule has 2 aromatic rings. The standard InChI is InChI=1S/C23H29BrN2O4/c1-3-5-6-7-14-29-19-11-9-18(10-12-19)23(28)26-25-22(27)16-30-21-13-8-17(4-2)15-20(21)24/h8-13,15H,3-7,14,16H2,1-2H3,(H,25,27)(H,26,28). The fourth-order valence-corrected chi connectivity index (χ4v) is 3.22. The third-order valence-corrected chi connectivity index (χ3v) is 5.08. The first-order valence-electron chi connectivity index (χ1n) is 10.3. The number of nitrogens with one attached hydrogen (secondary N) is 2. The van der Waals surface area contributed by atoms with E-state index in [4.69, 9.17) is 9.47 Å². The predicted octanol–water partition coefficient (Wildman–Crippen LogP) is 4.81. The number of rotatable bonds is 11. The number of carbonyl (C=O) groups excluding carboxylic acids is 2. The highest BCUT2D eigenvalue weighted by atomic mass is 79.9. The van der Waals surface area contributed by atoms with Gasteiger partial charge in [-0.25, -0.2) is 0 Å². The summed E-state index contributed by atoms with van der Waals surface area (Å²) in [6.07, 6.45) is 5.49. The highest BCUT2D eigenvalue weighted by Crippen LogP contribution is 2.26. The lowest BCUT2D eigenvalue weighted by atomic mass is 10.2. The minimum absolute atomic E-state index is 0.213. The summed E-state index contributed by atoms with van der Waals surface area (Å²) in [6.45, 7) is 4.69. The molecule has 0 fully saturated rings. The summed E-state index contributed by atoms with van der Waals surface area (Å²) >= 11 is 3.43. The van der Waals surface area contributed by atoms with E-state index in [1.807, 2.05) is 18.2 Å². The van der Waals surface area contributed by atoms with E-state index in [-0.39, 0.29) is 6.61 Å². The Morgan fingerprint density at radius 3 is 2.37 bits per heavy atom. The Morgan fingerprint density at radius 2 is 1.70 bits per heavy atom. The first kappa shape index (κ1) is 23.7. The fourth-order valence-electron chi connectivity index (χ4n) is 2.68. The molecule has 2 amide bonds. The third-order valence-electron chi connectivity index (χ3n) is 4.46. The molecule has 2 N–H and O–H groups in total. The molecule has 0 spiro atoms. The van der Waals surface area contributed by atoms with Crippen LogP contribution in [-0.2, 0) is 11.2 Å². The van der Waals surface area contributed by atoms with Crippen molar-refractivity contribution in [2.45, 2.75) is 46.0 Å². The van der Waals surface area contributed by atoms with E-state index in [1.54, 1.807) is 24.3 Å². The molecule has 7 heteroatoms. The van der Waals surface area contributed by atoms with Crippen LogP contribution in [0.4, 0.5) is 0 Å². The number of hydrogen-bond acceptors (Lipinski definition) is 4. The Bertz CT molecular complexity index is 824. The van der Waals surface area contributed by atoms with E-state index in [0.717, 1.165) is 29.5 Å². The molecular weight excluding hydrogens is 448 g/mol. The number of ether oxygens (including phenoxy) is 2. The number of hydrogen-bond donors (Lipinski definition) is 2. The number of amides is 2. The average Bonchev–Trinajstić information content (AvgIpc) is 2.76. The van der Waals surface area contributed by atoms with Gasteiger partial charge in [0.25, 0.3) is 11.8 Å². The second kappa shape index (κ2) is 12.9. The van der Waals surface area contributed by atoms with Gasteiger partial charge >= 0.3 is 0 Å². The van der Waals surface area contributed by atoms with Gasteiger partial charge in [-0.1, -0.05) is 39.2 Å². The van der Waals surface area contributed by atoms with Crippen molar-refractivity contribution in [2.24, 2.45) is 0 Å². The summed E-state index contributed by atoms with van der Waals surface area (Å²) in [5, 5.41) is 0. The molecule has 0 bridgehead atoms. The highest BCUT2D eigenvalue weighted by Gasteiger charge is 2.09. The molecule has 0 unspecified atom stereocenters. The van der Waals surface area contributed by atoms with Gasteiger partial charge in [-0.15, -0.1) is 0 Å². The highest BCUT2D eigenvalue weighted by molar-refractivity contribution is 9.10. The average molecular weight is 477 g/mol. The van der Waals surface area contributed by atoms with Gasteiger partial charge in [0, 0.05) is 5.56 Å². The maximum absolute atomic E-state index is 12.2. The molecule has 0 saturated carbocycles. The lowest BCUT2D eigenvalue weighted by Crippen LogP contribution is -2.43. The zero-order valence-corrected chi connectivity index (χ0v) is 19.1. The minimum atomic E-state index is -0.457. The molecule has 2 aromatic carbocycles. The van der Waals surface area contributed by atoms with Crippen molar-refractivity contribution in [3.05, 3.63) is 58.1 Å². The number of carbonyl (C=O) groups is 2. The van der Waals surface area contributed by atoms with Crippen molar-refractivity contribution in [1.82, 2.24) is 10.9 Å². The van der Waals surface area contributed by atoms with E-state index in [1.165, 1.54) is 18.4 Å². The SMILES string of the molecule is CCCCCCOc1ccc(C(=O)NNC(=O)COc2ccc(CC)cc2Br)cc1. The maximum Gasteiger partial charge on any atom is 0.276 e. The molecule has 0 aliphatic rings. The Balaban J connectivity index is 1.72. The summed E-state index contributed by atoms with van der Waals surface area (Å²) < 4.78 is 11.9. The molecule has 2 rings (SSSR count). The summed E-state index contributed by atoms with van der Waals surface area (Å²) in [6, 6.07) is 12.5. The van der Waals surface area contributed by atoms with Crippen LogP contribution >= 0.6 is 15.9 Å². The van der Waals surface area contributed by atoms with E-state index < -0.39 is 11.8 Å². The van der Waals surface area contributed by atoms with Crippen molar-refractivity contribution < 1.29 is 19.1 Å². The molecule has 0 aliphatic heterocycles. The molecule has 162 valence electrons. The summed E-state index contributed by atoms with van der Waals surface area (Å²) in [4.78, 5) is 24.1. The van der Waals surface area contributed by atoms with Crippen molar-refractivity contribution in [2.75, 3.05) is 13.2 Å². The first-order valence-corrected chi connectivity index (χ1v) is 11.1. The zero-order valence-electron chi connectivity index (χ0n) is 17.5. The lowest BCUT2D eigenvalue weighted by molar-refractivity contribution is -0.123. The smallest absolute Gasteiger partial charge is 0.276 e. The van der Waals surface area contributed by atoms with Gasteiger partial charge in [0.1, 0.15) is 11.5 Å². The monoisotopic (exact) mass is 476 g/mol. The molecule has 0 atom stereocenters. The van der Waals surface area contributed by atoms with Crippen molar-refractivity contribution in [3.63, 3.8) is 0 Å². The normalized spacial score (nSPS) is 10.4. The van der Waals surface area contributed by atoms with Crippen LogP contribution in [0.5, 0.6) is 11.5 Å². The number of benzene rings is 2. The van der Waals surface area contributed by atoms with Gasteiger partial charge in [-0.05, 0) is 70.7 Å². The van der Waals surface area contributed by atoms with Gasteiger partial charge in [0.2, 0.25) is 0 Å². The second-order valence-electron chi connectivity index (χ2n) is 6.84. The van der Waals surface area contributed by atoms with Crippen LogP contribution < -0.4 is 20.3 Å². The Kier molecular flexibility index (Phi) is 10.2. The molecule has 0 heterocycles. The fraction of sp³-hybridized carbons (Fsp3) is 0.391. The first-order chi connectivity index (χ1) is 14.5. The second-order valence-corrected chi connectivity index (χ2v) is 7.70. The van der Waals surface area contributed by atoms with Crippen LogP contribution in [0, 0.1) is 0 Å². The zero-order chi connectivity index (χ0) is 21.8. The van der Waals surface area contributed by atoms with E-state index in [2.05, 4.69) is 40.6 Å². The Hall–Kier alpha value is -2.54. The number of unbranched alkanes of at least 4 members (excludes halogenated alkanes) is 3. The third kappa shape index (κ3) is 8.06. The predicted molar refractivity (Wildman–Crippen MR) is 121 cm³/mol. The van der Waals surface area contributed by atoms with Crippen LogP contribution in [0.15, 0.2) is 46.9 Å². The molecular formula is C23H29BrN2O4. The Morgan fingerprint density at radius 1 is 0.933 bits per heavy atom. The molecule has 0 radical (unpaired) electrons. The van der Waals surface area contributed by atoms with E-state index >= 15 is 0 Å². The van der Waals surface area contributed by atoms with Crippen LogP contribution in [-0.4, -0.2) is 25.0 Å². The molecule has 0 saturated heterocycles. The van der Waals surface area contributed by atoms with Crippen LogP contribution in [0.2, 0.25) is 0 Å². The number of halogens is 1. The van der Waals surface area contributed by atoms with Crippen LogP contribution in [0.25, 0.3) is 0 Å². The van der Waals surface area contributed by atoms with Crippen LogP contribution in [0.3, 0.4) is 0 Å². The van der Waals surface area contributed by atoms with Crippen molar-refractivity contribution >= 4 is 27.7 Å². The van der Waals surface area contributed by atoms with Crippen molar-refractivity contribution in [1.29, 1.82) is 0 Å². The van der Waals surface area contributed by atoms with Crippen molar-refractivity contribution in [3.8, 4) is 11.5 Å². The maximum atomic E-state index is 12.2. The van der Waals surface area contributed by atoms with Gasteiger partial charge in [0.15, 0.2) is 6.61 Å². The largest absolute Gasteiger partial charge is 0.494 e. The summed E-state index contributed by atoms with van der Waals surface area (Å²) in [5.41, 5.74) is 6.32. The number of aryl methyl sites for hydroxylation is 1. The quantitative estimate of drug-likeness (QED) is 0.360. The molecule has 0 aromatic heterocycles. The van der Waals surface area contributed by atoms with Gasteiger partial charge in [-0.3, -0.25) is 20.4 Å². The molecule has 6 nitrogen and oxygen atoms in total. The topological polar surface area (TPSA) is 76.7 Å². The van der Waals surface area contributed by atoms with Gasteiger partial charge in [-0.2, -0.15) is 0 Å². The number of hydrazine groups is 1. The van der Waals surface area contributed by atoms with E-state index in [0.29, 0.717) is 17.9 Å². The minimum Gasteiger partial charge on any atom is -0.494 e.